The van der Waals surface area contributed by atoms with Gasteiger partial charge in [-0.05, 0) is 52.2 Å². The SMILES string of the molecule is CCC(CCN)CCC(=O)N1CCCN(C)CC1C. The van der Waals surface area contributed by atoms with Crippen LogP contribution in [0.15, 0.2) is 0 Å². The molecule has 1 aliphatic heterocycles. The smallest absolute Gasteiger partial charge is 0.222 e. The van der Waals surface area contributed by atoms with Crippen molar-refractivity contribution in [2.45, 2.75) is 52.0 Å². The molecule has 0 bridgehead atoms. The molecule has 0 aromatic rings. The Morgan fingerprint density at radius 2 is 2.11 bits per heavy atom. The van der Waals surface area contributed by atoms with Gasteiger partial charge in [-0.1, -0.05) is 13.3 Å². The maximum atomic E-state index is 12.4. The molecule has 1 amide bonds. The van der Waals surface area contributed by atoms with Crippen LogP contribution in [-0.4, -0.2) is 55.0 Å². The topological polar surface area (TPSA) is 49.6 Å². The average Bonchev–Trinajstić information content (AvgIpc) is 2.54. The summed E-state index contributed by atoms with van der Waals surface area (Å²) in [6, 6.07) is 0.342. The minimum Gasteiger partial charge on any atom is -0.339 e. The Morgan fingerprint density at radius 3 is 2.74 bits per heavy atom. The summed E-state index contributed by atoms with van der Waals surface area (Å²) in [5.74, 6) is 0.942. The molecule has 4 heteroatoms. The van der Waals surface area contributed by atoms with Crippen molar-refractivity contribution in [1.29, 1.82) is 0 Å². The highest BCUT2D eigenvalue weighted by atomic mass is 16.2. The van der Waals surface area contributed by atoms with E-state index in [1.54, 1.807) is 0 Å². The summed E-state index contributed by atoms with van der Waals surface area (Å²) >= 11 is 0. The lowest BCUT2D eigenvalue weighted by Crippen LogP contribution is -2.42. The zero-order chi connectivity index (χ0) is 14.3. The van der Waals surface area contributed by atoms with Crippen LogP contribution in [0.25, 0.3) is 0 Å². The predicted molar refractivity (Wildman–Crippen MR) is 80.0 cm³/mol. The minimum absolute atomic E-state index is 0.332. The zero-order valence-corrected chi connectivity index (χ0v) is 12.9. The molecule has 0 saturated carbocycles. The van der Waals surface area contributed by atoms with Crippen molar-refractivity contribution in [3.8, 4) is 0 Å². The third-order valence-electron chi connectivity index (χ3n) is 4.29. The number of nitrogens with two attached hydrogens (primary N) is 1. The number of rotatable bonds is 6. The van der Waals surface area contributed by atoms with Gasteiger partial charge in [0.05, 0.1) is 0 Å². The maximum Gasteiger partial charge on any atom is 0.222 e. The average molecular weight is 269 g/mol. The minimum atomic E-state index is 0.332. The number of carbonyl (C=O) groups excluding carboxylic acids is 1. The van der Waals surface area contributed by atoms with E-state index in [1.807, 2.05) is 0 Å². The van der Waals surface area contributed by atoms with Crippen molar-refractivity contribution in [2.24, 2.45) is 11.7 Å². The van der Waals surface area contributed by atoms with Crippen LogP contribution in [0, 0.1) is 5.92 Å². The van der Waals surface area contributed by atoms with E-state index in [0.29, 0.717) is 24.3 Å². The molecule has 112 valence electrons. The molecule has 0 aliphatic carbocycles. The van der Waals surface area contributed by atoms with Crippen molar-refractivity contribution in [1.82, 2.24) is 9.80 Å². The second kappa shape index (κ2) is 8.54. The molecule has 1 aliphatic rings. The second-order valence-electron chi connectivity index (χ2n) is 5.94. The van der Waals surface area contributed by atoms with Crippen molar-refractivity contribution in [3.05, 3.63) is 0 Å². The van der Waals surface area contributed by atoms with Gasteiger partial charge in [0.2, 0.25) is 5.91 Å². The Morgan fingerprint density at radius 1 is 1.37 bits per heavy atom. The highest BCUT2D eigenvalue weighted by molar-refractivity contribution is 5.76. The molecule has 2 unspecified atom stereocenters. The van der Waals surface area contributed by atoms with Crippen molar-refractivity contribution in [3.63, 3.8) is 0 Å². The van der Waals surface area contributed by atoms with E-state index in [0.717, 1.165) is 51.9 Å². The van der Waals surface area contributed by atoms with Crippen LogP contribution in [0.2, 0.25) is 0 Å². The fraction of sp³-hybridized carbons (Fsp3) is 0.933. The molecule has 1 saturated heterocycles. The lowest BCUT2D eigenvalue weighted by atomic mass is 9.96. The molecule has 0 spiro atoms. The highest BCUT2D eigenvalue weighted by Crippen LogP contribution is 2.17. The molecule has 0 aromatic carbocycles. The van der Waals surface area contributed by atoms with E-state index in [9.17, 15) is 4.79 Å². The van der Waals surface area contributed by atoms with Crippen LogP contribution in [0.4, 0.5) is 0 Å². The molecular formula is C15H31N3O. The Kier molecular flexibility index (Phi) is 7.39. The number of hydrogen-bond donors (Lipinski definition) is 1. The van der Waals surface area contributed by atoms with Gasteiger partial charge in [-0.2, -0.15) is 0 Å². The van der Waals surface area contributed by atoms with Gasteiger partial charge < -0.3 is 15.5 Å². The first kappa shape index (κ1) is 16.4. The van der Waals surface area contributed by atoms with E-state index < -0.39 is 0 Å². The van der Waals surface area contributed by atoms with Crippen LogP contribution in [-0.2, 0) is 4.79 Å². The predicted octanol–water partition coefficient (Wildman–Crippen LogP) is 1.69. The first-order valence-electron chi connectivity index (χ1n) is 7.76. The zero-order valence-electron chi connectivity index (χ0n) is 12.9. The summed E-state index contributed by atoms with van der Waals surface area (Å²) < 4.78 is 0. The van der Waals surface area contributed by atoms with Gasteiger partial charge >= 0.3 is 0 Å². The standard InChI is InChI=1S/C15H31N3O/c1-4-14(8-9-16)6-7-15(19)18-11-5-10-17(3)12-13(18)2/h13-14H,4-12,16H2,1-3H3. The van der Waals surface area contributed by atoms with Crippen molar-refractivity contribution < 1.29 is 4.79 Å². The fourth-order valence-corrected chi connectivity index (χ4v) is 3.00. The summed E-state index contributed by atoms with van der Waals surface area (Å²) in [5, 5.41) is 0. The number of amides is 1. The Labute approximate surface area is 118 Å². The summed E-state index contributed by atoms with van der Waals surface area (Å²) in [7, 11) is 2.14. The van der Waals surface area contributed by atoms with Crippen LogP contribution in [0.5, 0.6) is 0 Å². The van der Waals surface area contributed by atoms with Gasteiger partial charge in [0, 0.05) is 25.6 Å². The summed E-state index contributed by atoms with van der Waals surface area (Å²) in [6.07, 6.45) is 4.94. The molecule has 1 heterocycles. The molecule has 2 N–H and O–H groups in total. The van der Waals surface area contributed by atoms with Gasteiger partial charge in [0.1, 0.15) is 0 Å². The van der Waals surface area contributed by atoms with Crippen molar-refractivity contribution >= 4 is 5.91 Å². The number of nitrogens with zero attached hydrogens (tertiary/aromatic N) is 2. The van der Waals surface area contributed by atoms with Gasteiger partial charge in [-0.15, -0.1) is 0 Å². The molecule has 2 atom stereocenters. The van der Waals surface area contributed by atoms with E-state index in [4.69, 9.17) is 5.73 Å². The molecular weight excluding hydrogens is 238 g/mol. The highest BCUT2D eigenvalue weighted by Gasteiger charge is 2.24. The number of carbonyl (C=O) groups is 1. The van der Waals surface area contributed by atoms with Gasteiger partial charge in [-0.25, -0.2) is 0 Å². The van der Waals surface area contributed by atoms with Crippen LogP contribution >= 0.6 is 0 Å². The molecule has 1 fully saturated rings. The number of hydrogen-bond acceptors (Lipinski definition) is 3. The maximum absolute atomic E-state index is 12.4. The van der Waals surface area contributed by atoms with Crippen molar-refractivity contribution in [2.75, 3.05) is 33.2 Å². The van der Waals surface area contributed by atoms with E-state index in [2.05, 4.69) is 30.7 Å². The lowest BCUT2D eigenvalue weighted by molar-refractivity contribution is -0.133. The Bertz CT molecular complexity index is 270. The first-order valence-corrected chi connectivity index (χ1v) is 7.76. The van der Waals surface area contributed by atoms with Crippen LogP contribution in [0.3, 0.4) is 0 Å². The number of likely N-dealkylation sites (N-methyl/N-ethyl adjacent to an activating group) is 1. The second-order valence-corrected chi connectivity index (χ2v) is 5.94. The lowest BCUT2D eigenvalue weighted by Gasteiger charge is -2.28. The summed E-state index contributed by atoms with van der Waals surface area (Å²) in [6.45, 7) is 8.09. The largest absolute Gasteiger partial charge is 0.339 e. The Balaban J connectivity index is 2.43. The summed E-state index contributed by atoms with van der Waals surface area (Å²) in [4.78, 5) is 16.8. The fourth-order valence-electron chi connectivity index (χ4n) is 3.00. The monoisotopic (exact) mass is 269 g/mol. The van der Waals surface area contributed by atoms with E-state index in [1.165, 1.54) is 0 Å². The quantitative estimate of drug-likeness (QED) is 0.798. The molecule has 0 radical (unpaired) electrons. The van der Waals surface area contributed by atoms with Gasteiger partial charge in [0.15, 0.2) is 0 Å². The normalized spacial score (nSPS) is 23.2. The molecule has 1 rings (SSSR count). The molecule has 4 nitrogen and oxygen atoms in total. The van der Waals surface area contributed by atoms with E-state index >= 15 is 0 Å². The third kappa shape index (κ3) is 5.49. The van der Waals surface area contributed by atoms with Gasteiger partial charge in [0.25, 0.3) is 0 Å². The Hall–Kier alpha value is -0.610. The third-order valence-corrected chi connectivity index (χ3v) is 4.29. The molecule has 19 heavy (non-hydrogen) atoms. The van der Waals surface area contributed by atoms with Crippen LogP contribution in [0.1, 0.15) is 46.0 Å². The van der Waals surface area contributed by atoms with Gasteiger partial charge in [-0.3, -0.25) is 4.79 Å². The summed E-state index contributed by atoms with van der Waals surface area (Å²) in [5.41, 5.74) is 5.61. The first-order chi connectivity index (χ1) is 9.08. The van der Waals surface area contributed by atoms with Crippen LogP contribution < -0.4 is 5.73 Å². The van der Waals surface area contributed by atoms with E-state index in [-0.39, 0.29) is 0 Å². The molecule has 0 aromatic heterocycles.